The second kappa shape index (κ2) is 4.66. The highest BCUT2D eigenvalue weighted by atomic mass is 16.5. The van der Waals surface area contributed by atoms with E-state index >= 15 is 0 Å². The minimum atomic E-state index is -1.42. The first-order chi connectivity index (χ1) is 7.25. The predicted octanol–water partition coefficient (Wildman–Crippen LogP) is -0.466. The standard InChI is InChI=1S/C10H13BO4/c12-11(13)8-1-3-9(4-2-8)15-10-5-6-14-7-10/h1-4,10,12-13H,5-7H2/t10-/m0/s1. The Balaban J connectivity index is 1.97. The van der Waals surface area contributed by atoms with E-state index in [1.54, 1.807) is 24.3 Å². The van der Waals surface area contributed by atoms with Crippen LogP contribution in [-0.4, -0.2) is 36.5 Å². The summed E-state index contributed by atoms with van der Waals surface area (Å²) >= 11 is 0. The lowest BCUT2D eigenvalue weighted by molar-refractivity contribution is 0.141. The largest absolute Gasteiger partial charge is 0.488 e. The zero-order valence-electron chi connectivity index (χ0n) is 8.30. The molecular weight excluding hydrogens is 195 g/mol. The second-order valence-electron chi connectivity index (χ2n) is 3.55. The van der Waals surface area contributed by atoms with Crippen LogP contribution < -0.4 is 10.2 Å². The van der Waals surface area contributed by atoms with Gasteiger partial charge in [-0.05, 0) is 17.6 Å². The van der Waals surface area contributed by atoms with E-state index in [4.69, 9.17) is 19.5 Å². The molecule has 1 atom stereocenters. The van der Waals surface area contributed by atoms with E-state index in [0.29, 0.717) is 12.1 Å². The van der Waals surface area contributed by atoms with Crippen molar-refractivity contribution in [1.29, 1.82) is 0 Å². The Morgan fingerprint density at radius 1 is 1.27 bits per heavy atom. The van der Waals surface area contributed by atoms with E-state index in [1.165, 1.54) is 0 Å². The average Bonchev–Trinajstić information content (AvgIpc) is 2.71. The van der Waals surface area contributed by atoms with Crippen molar-refractivity contribution in [2.45, 2.75) is 12.5 Å². The first-order valence-corrected chi connectivity index (χ1v) is 4.96. The van der Waals surface area contributed by atoms with Gasteiger partial charge in [-0.15, -0.1) is 0 Å². The monoisotopic (exact) mass is 208 g/mol. The molecule has 0 aliphatic carbocycles. The van der Waals surface area contributed by atoms with Crippen molar-refractivity contribution in [3.8, 4) is 5.75 Å². The van der Waals surface area contributed by atoms with Gasteiger partial charge >= 0.3 is 7.12 Å². The summed E-state index contributed by atoms with van der Waals surface area (Å²) in [5.41, 5.74) is 0.463. The third-order valence-corrected chi connectivity index (χ3v) is 2.37. The predicted molar refractivity (Wildman–Crippen MR) is 56.1 cm³/mol. The molecule has 15 heavy (non-hydrogen) atoms. The van der Waals surface area contributed by atoms with E-state index in [1.807, 2.05) is 0 Å². The smallest absolute Gasteiger partial charge is 0.488 e. The van der Waals surface area contributed by atoms with Crippen molar-refractivity contribution in [3.05, 3.63) is 24.3 Å². The lowest BCUT2D eigenvalue weighted by Crippen LogP contribution is -2.29. The fourth-order valence-corrected chi connectivity index (χ4v) is 1.52. The molecule has 0 unspecified atom stereocenters. The van der Waals surface area contributed by atoms with Gasteiger partial charge in [0.25, 0.3) is 0 Å². The van der Waals surface area contributed by atoms with E-state index in [9.17, 15) is 0 Å². The minimum Gasteiger partial charge on any atom is -0.488 e. The normalized spacial score (nSPS) is 20.3. The fourth-order valence-electron chi connectivity index (χ4n) is 1.52. The maximum absolute atomic E-state index is 8.89. The van der Waals surface area contributed by atoms with Crippen molar-refractivity contribution < 1.29 is 19.5 Å². The number of hydrogen-bond acceptors (Lipinski definition) is 4. The summed E-state index contributed by atoms with van der Waals surface area (Å²) in [6, 6.07) is 6.73. The van der Waals surface area contributed by atoms with Crippen LogP contribution in [0.4, 0.5) is 0 Å². The topological polar surface area (TPSA) is 58.9 Å². The molecule has 1 saturated heterocycles. The molecule has 4 nitrogen and oxygen atoms in total. The Morgan fingerprint density at radius 2 is 2.00 bits per heavy atom. The molecule has 5 heteroatoms. The second-order valence-corrected chi connectivity index (χ2v) is 3.55. The Morgan fingerprint density at radius 3 is 2.53 bits per heavy atom. The summed E-state index contributed by atoms with van der Waals surface area (Å²) < 4.78 is 10.8. The van der Waals surface area contributed by atoms with Gasteiger partial charge in [0.1, 0.15) is 11.9 Å². The van der Waals surface area contributed by atoms with Gasteiger partial charge in [0, 0.05) is 6.42 Å². The van der Waals surface area contributed by atoms with Gasteiger partial charge in [-0.3, -0.25) is 0 Å². The number of rotatable bonds is 3. The molecule has 0 aromatic heterocycles. The third-order valence-electron chi connectivity index (χ3n) is 2.37. The lowest BCUT2D eigenvalue weighted by Gasteiger charge is -2.11. The van der Waals surface area contributed by atoms with Gasteiger partial charge in [-0.1, -0.05) is 12.1 Å². The van der Waals surface area contributed by atoms with Crippen LogP contribution >= 0.6 is 0 Å². The van der Waals surface area contributed by atoms with Gasteiger partial charge in [0.05, 0.1) is 13.2 Å². The van der Waals surface area contributed by atoms with Crippen molar-refractivity contribution in [2.75, 3.05) is 13.2 Å². The van der Waals surface area contributed by atoms with Crippen LogP contribution in [0, 0.1) is 0 Å². The van der Waals surface area contributed by atoms with Crippen molar-refractivity contribution in [3.63, 3.8) is 0 Å². The summed E-state index contributed by atoms with van der Waals surface area (Å²) in [4.78, 5) is 0. The van der Waals surface area contributed by atoms with Gasteiger partial charge in [-0.2, -0.15) is 0 Å². The molecule has 1 aliphatic heterocycles. The molecule has 1 fully saturated rings. The summed E-state index contributed by atoms with van der Waals surface area (Å²) in [5.74, 6) is 0.731. The molecule has 0 amide bonds. The van der Waals surface area contributed by atoms with E-state index in [0.717, 1.165) is 18.8 Å². The Hall–Kier alpha value is -1.04. The maximum atomic E-state index is 8.89. The molecule has 1 aliphatic rings. The molecule has 0 spiro atoms. The van der Waals surface area contributed by atoms with Crippen LogP contribution in [0.3, 0.4) is 0 Å². The highest BCUT2D eigenvalue weighted by Crippen LogP contribution is 2.15. The SMILES string of the molecule is OB(O)c1ccc(O[C@H]2CCOC2)cc1. The van der Waals surface area contributed by atoms with Crippen molar-refractivity contribution in [2.24, 2.45) is 0 Å². The number of hydrogen-bond donors (Lipinski definition) is 2. The van der Waals surface area contributed by atoms with Gasteiger partial charge in [0.2, 0.25) is 0 Å². The van der Waals surface area contributed by atoms with E-state index < -0.39 is 7.12 Å². The van der Waals surface area contributed by atoms with Crippen LogP contribution in [0.25, 0.3) is 0 Å². The van der Waals surface area contributed by atoms with Crippen LogP contribution in [0.5, 0.6) is 5.75 Å². The van der Waals surface area contributed by atoms with Crippen LogP contribution in [-0.2, 0) is 4.74 Å². The fraction of sp³-hybridized carbons (Fsp3) is 0.400. The van der Waals surface area contributed by atoms with E-state index in [2.05, 4.69) is 0 Å². The molecule has 0 bridgehead atoms. The van der Waals surface area contributed by atoms with Gasteiger partial charge < -0.3 is 19.5 Å². The highest BCUT2D eigenvalue weighted by Gasteiger charge is 2.17. The van der Waals surface area contributed by atoms with Crippen LogP contribution in [0.2, 0.25) is 0 Å². The third kappa shape index (κ3) is 2.71. The number of ether oxygens (including phenoxy) is 2. The molecule has 0 saturated carbocycles. The van der Waals surface area contributed by atoms with Crippen LogP contribution in [0.1, 0.15) is 6.42 Å². The Labute approximate surface area is 88.6 Å². The minimum absolute atomic E-state index is 0.120. The van der Waals surface area contributed by atoms with Crippen molar-refractivity contribution in [1.82, 2.24) is 0 Å². The van der Waals surface area contributed by atoms with Gasteiger partial charge in [-0.25, -0.2) is 0 Å². The first kappa shape index (κ1) is 10.5. The zero-order chi connectivity index (χ0) is 10.7. The Bertz CT molecular complexity index is 306. The van der Waals surface area contributed by atoms with Gasteiger partial charge in [0.15, 0.2) is 0 Å². The molecular formula is C10H13BO4. The molecule has 2 N–H and O–H groups in total. The highest BCUT2D eigenvalue weighted by molar-refractivity contribution is 6.58. The molecule has 2 rings (SSSR count). The summed E-state index contributed by atoms with van der Waals surface area (Å²) in [6.45, 7) is 1.38. The summed E-state index contributed by atoms with van der Waals surface area (Å²) in [5, 5.41) is 17.8. The summed E-state index contributed by atoms with van der Waals surface area (Å²) in [6.07, 6.45) is 1.03. The number of benzene rings is 1. The van der Waals surface area contributed by atoms with Crippen molar-refractivity contribution >= 4 is 12.6 Å². The Kier molecular flexibility index (Phi) is 3.25. The summed E-state index contributed by atoms with van der Waals surface area (Å²) in [7, 11) is -1.42. The molecule has 1 aromatic carbocycles. The van der Waals surface area contributed by atoms with E-state index in [-0.39, 0.29) is 6.10 Å². The maximum Gasteiger partial charge on any atom is 0.488 e. The molecule has 0 radical (unpaired) electrons. The quantitative estimate of drug-likeness (QED) is 0.659. The first-order valence-electron chi connectivity index (χ1n) is 4.96. The lowest BCUT2D eigenvalue weighted by atomic mass is 9.80. The molecule has 1 aromatic rings. The molecule has 80 valence electrons. The average molecular weight is 208 g/mol. The molecule has 1 heterocycles. The van der Waals surface area contributed by atoms with Crippen LogP contribution in [0.15, 0.2) is 24.3 Å². The zero-order valence-corrected chi connectivity index (χ0v) is 8.30.